The molecule has 3 rings (SSSR count). The van der Waals surface area contributed by atoms with E-state index < -0.39 is 0 Å². The fourth-order valence-corrected chi connectivity index (χ4v) is 3.96. The molecule has 0 unspecified atom stereocenters. The maximum Gasteiger partial charge on any atom is 0.275 e. The number of anilines is 1. The summed E-state index contributed by atoms with van der Waals surface area (Å²) in [7, 11) is 0. The molecular formula is C24H34N3O+. The van der Waals surface area contributed by atoms with Crippen LogP contribution in [0.2, 0.25) is 0 Å². The first-order valence-electron chi connectivity index (χ1n) is 10.5. The number of benzene rings is 2. The molecule has 2 N–H and O–H groups in total. The molecule has 0 spiro atoms. The summed E-state index contributed by atoms with van der Waals surface area (Å²) in [4.78, 5) is 16.4. The molecule has 1 aliphatic rings. The molecule has 2 aromatic rings. The molecule has 0 radical (unpaired) electrons. The number of piperazine rings is 1. The van der Waals surface area contributed by atoms with Crippen LogP contribution < -0.4 is 15.1 Å². The van der Waals surface area contributed by atoms with Crippen LogP contribution in [0.25, 0.3) is 0 Å². The van der Waals surface area contributed by atoms with E-state index in [2.05, 4.69) is 80.4 Å². The van der Waals surface area contributed by atoms with Gasteiger partial charge in [0, 0.05) is 5.69 Å². The molecular weight excluding hydrogens is 346 g/mol. The number of nitrogens with one attached hydrogen (secondary N) is 2. The summed E-state index contributed by atoms with van der Waals surface area (Å²) in [6, 6.07) is 15.1. The van der Waals surface area contributed by atoms with Gasteiger partial charge in [-0.25, -0.2) is 0 Å². The predicted octanol–water partition coefficient (Wildman–Crippen LogP) is 2.45. The van der Waals surface area contributed by atoms with Gasteiger partial charge in [-0.05, 0) is 55.5 Å². The van der Waals surface area contributed by atoms with Crippen molar-refractivity contribution in [3.05, 3.63) is 64.7 Å². The maximum absolute atomic E-state index is 12.5. The summed E-state index contributed by atoms with van der Waals surface area (Å²) < 4.78 is 0. The van der Waals surface area contributed by atoms with Crippen molar-refractivity contribution in [2.75, 3.05) is 37.6 Å². The van der Waals surface area contributed by atoms with E-state index in [1.807, 2.05) is 0 Å². The van der Waals surface area contributed by atoms with Crippen molar-refractivity contribution < 1.29 is 9.69 Å². The van der Waals surface area contributed by atoms with E-state index in [0.29, 0.717) is 6.54 Å². The van der Waals surface area contributed by atoms with Crippen molar-refractivity contribution in [3.8, 4) is 0 Å². The lowest BCUT2D eigenvalue weighted by atomic mass is 10.0. The molecule has 4 nitrogen and oxygen atoms in total. The largest absolute Gasteiger partial charge is 0.360 e. The Bertz CT molecular complexity index is 792. The Hall–Kier alpha value is -2.33. The predicted molar refractivity (Wildman–Crippen MR) is 116 cm³/mol. The summed E-state index contributed by atoms with van der Waals surface area (Å²) in [6.45, 7) is 13.1. The first-order chi connectivity index (χ1) is 13.5. The van der Waals surface area contributed by atoms with Crippen molar-refractivity contribution in [1.29, 1.82) is 0 Å². The number of carbonyl (C=O) groups excluding carboxylic acids is 1. The zero-order chi connectivity index (χ0) is 20.1. The summed E-state index contributed by atoms with van der Waals surface area (Å²) in [6.07, 6.45) is 1.04. The molecule has 0 aromatic heterocycles. The van der Waals surface area contributed by atoms with Gasteiger partial charge in [-0.2, -0.15) is 0 Å². The second-order valence-electron chi connectivity index (χ2n) is 8.02. The minimum Gasteiger partial charge on any atom is -0.360 e. The molecule has 150 valence electrons. The highest BCUT2D eigenvalue weighted by molar-refractivity contribution is 5.77. The molecule has 1 aliphatic heterocycles. The topological polar surface area (TPSA) is 36.8 Å². The van der Waals surface area contributed by atoms with Crippen molar-refractivity contribution >= 4 is 11.6 Å². The Morgan fingerprint density at radius 3 is 2.43 bits per heavy atom. The second-order valence-corrected chi connectivity index (χ2v) is 8.02. The average molecular weight is 381 g/mol. The smallest absolute Gasteiger partial charge is 0.275 e. The van der Waals surface area contributed by atoms with Crippen molar-refractivity contribution in [2.45, 2.75) is 40.2 Å². The molecule has 1 fully saturated rings. The minimum atomic E-state index is 0.0500. The van der Waals surface area contributed by atoms with E-state index in [0.717, 1.165) is 32.6 Å². The lowest BCUT2D eigenvalue weighted by Crippen LogP contribution is -3.16. The molecule has 1 heterocycles. The number of hydrogen-bond acceptors (Lipinski definition) is 2. The monoisotopic (exact) mass is 380 g/mol. The van der Waals surface area contributed by atoms with Crippen LogP contribution in [0.4, 0.5) is 5.69 Å². The normalized spacial score (nSPS) is 16.1. The Kier molecular flexibility index (Phi) is 6.74. The van der Waals surface area contributed by atoms with Crippen molar-refractivity contribution in [1.82, 2.24) is 5.32 Å². The van der Waals surface area contributed by atoms with E-state index in [-0.39, 0.29) is 11.9 Å². The van der Waals surface area contributed by atoms with Gasteiger partial charge in [0.2, 0.25) is 0 Å². The number of aryl methyl sites for hydroxylation is 2. The Balaban J connectivity index is 1.48. The van der Waals surface area contributed by atoms with Gasteiger partial charge in [-0.1, -0.05) is 43.3 Å². The molecule has 1 atom stereocenters. The lowest BCUT2D eigenvalue weighted by Gasteiger charge is -2.34. The second kappa shape index (κ2) is 9.24. The van der Waals surface area contributed by atoms with Gasteiger partial charge >= 0.3 is 0 Å². The molecule has 28 heavy (non-hydrogen) atoms. The Labute approximate surface area is 169 Å². The highest BCUT2D eigenvalue weighted by Gasteiger charge is 2.24. The number of quaternary nitrogens is 1. The number of amides is 1. The standard InChI is InChI=1S/C24H33N3O/c1-5-21-9-11-22(12-10-21)20(4)25-24(28)17-26-13-15-27(16-14-26)23-8-6-7-18(2)19(23)3/h6-12,20H,5,13-17H2,1-4H3,(H,25,28)/p+1/t20-/m0/s1. The van der Waals surface area contributed by atoms with Crippen LogP contribution in [0.1, 0.15) is 42.1 Å². The van der Waals surface area contributed by atoms with E-state index in [9.17, 15) is 4.79 Å². The zero-order valence-electron chi connectivity index (χ0n) is 17.7. The molecule has 0 aliphatic carbocycles. The molecule has 2 aromatic carbocycles. The fourth-order valence-electron chi connectivity index (χ4n) is 3.96. The fraction of sp³-hybridized carbons (Fsp3) is 0.458. The van der Waals surface area contributed by atoms with Gasteiger partial charge in [-0.15, -0.1) is 0 Å². The SMILES string of the molecule is CCc1ccc([C@H](C)NC(=O)C[NH+]2CCN(c3cccc(C)c3C)CC2)cc1. The summed E-state index contributed by atoms with van der Waals surface area (Å²) in [5, 5.41) is 3.17. The number of nitrogens with zero attached hydrogens (tertiary/aromatic N) is 1. The van der Waals surface area contributed by atoms with Crippen LogP contribution in [0.15, 0.2) is 42.5 Å². The van der Waals surface area contributed by atoms with Crippen LogP contribution in [-0.4, -0.2) is 38.6 Å². The third kappa shape index (κ3) is 4.93. The summed E-state index contributed by atoms with van der Waals surface area (Å²) in [5.41, 5.74) is 6.54. The Morgan fingerprint density at radius 1 is 1.11 bits per heavy atom. The third-order valence-corrected chi connectivity index (χ3v) is 6.06. The van der Waals surface area contributed by atoms with Crippen LogP contribution in [0.5, 0.6) is 0 Å². The molecule has 0 bridgehead atoms. The van der Waals surface area contributed by atoms with E-state index in [4.69, 9.17) is 0 Å². The van der Waals surface area contributed by atoms with Crippen LogP contribution in [-0.2, 0) is 11.2 Å². The maximum atomic E-state index is 12.5. The average Bonchev–Trinajstić information content (AvgIpc) is 2.71. The number of rotatable bonds is 6. The minimum absolute atomic E-state index is 0.0500. The number of hydrogen-bond donors (Lipinski definition) is 2. The summed E-state index contributed by atoms with van der Waals surface area (Å²) in [5.74, 6) is 0.141. The third-order valence-electron chi connectivity index (χ3n) is 6.06. The first-order valence-corrected chi connectivity index (χ1v) is 10.5. The van der Waals surface area contributed by atoms with Crippen molar-refractivity contribution in [2.24, 2.45) is 0 Å². The van der Waals surface area contributed by atoms with Crippen LogP contribution in [0, 0.1) is 13.8 Å². The van der Waals surface area contributed by atoms with Gasteiger partial charge in [0.25, 0.3) is 5.91 Å². The molecule has 4 heteroatoms. The van der Waals surface area contributed by atoms with Gasteiger partial charge in [-0.3, -0.25) is 4.79 Å². The quantitative estimate of drug-likeness (QED) is 0.808. The van der Waals surface area contributed by atoms with E-state index in [1.54, 1.807) is 0 Å². The first kappa shape index (κ1) is 20.4. The van der Waals surface area contributed by atoms with Gasteiger partial charge in [0.15, 0.2) is 6.54 Å². The highest BCUT2D eigenvalue weighted by atomic mass is 16.2. The van der Waals surface area contributed by atoms with Gasteiger partial charge in [0.1, 0.15) is 0 Å². The van der Waals surface area contributed by atoms with Gasteiger partial charge in [0.05, 0.1) is 32.2 Å². The molecule has 1 amide bonds. The van der Waals surface area contributed by atoms with Crippen molar-refractivity contribution in [3.63, 3.8) is 0 Å². The highest BCUT2D eigenvalue weighted by Crippen LogP contribution is 2.22. The molecule has 1 saturated heterocycles. The molecule has 0 saturated carbocycles. The number of carbonyl (C=O) groups is 1. The Morgan fingerprint density at radius 2 is 1.79 bits per heavy atom. The van der Waals surface area contributed by atoms with E-state index in [1.165, 1.54) is 32.8 Å². The van der Waals surface area contributed by atoms with Crippen LogP contribution in [0.3, 0.4) is 0 Å². The zero-order valence-corrected chi connectivity index (χ0v) is 17.7. The lowest BCUT2D eigenvalue weighted by molar-refractivity contribution is -0.892. The van der Waals surface area contributed by atoms with Gasteiger partial charge < -0.3 is 15.1 Å². The van der Waals surface area contributed by atoms with Crippen LogP contribution >= 0.6 is 0 Å². The summed E-state index contributed by atoms with van der Waals surface area (Å²) >= 11 is 0. The van der Waals surface area contributed by atoms with E-state index >= 15 is 0 Å².